The molecule has 0 bridgehead atoms. The quantitative estimate of drug-likeness (QED) is 0.911. The lowest BCUT2D eigenvalue weighted by molar-refractivity contribution is 0.111. The lowest BCUT2D eigenvalue weighted by Crippen LogP contribution is -2.36. The third-order valence-corrected chi connectivity index (χ3v) is 4.89. The maximum absolute atomic E-state index is 14.4. The van der Waals surface area contributed by atoms with Gasteiger partial charge in [0, 0.05) is 17.7 Å². The molecule has 0 spiro atoms. The summed E-state index contributed by atoms with van der Waals surface area (Å²) in [7, 11) is 3.05. The van der Waals surface area contributed by atoms with E-state index in [1.807, 2.05) is 0 Å². The van der Waals surface area contributed by atoms with E-state index in [1.165, 1.54) is 19.6 Å². The monoisotopic (exact) mass is 295 g/mol. The summed E-state index contributed by atoms with van der Waals surface area (Å²) in [5, 5.41) is 0. The molecule has 1 aromatic rings. The summed E-state index contributed by atoms with van der Waals surface area (Å²) in [5.41, 5.74) is 7.08. The van der Waals surface area contributed by atoms with E-state index in [1.54, 1.807) is 13.2 Å². The Hall–Kier alpha value is -1.29. The van der Waals surface area contributed by atoms with E-state index < -0.39 is 0 Å². The van der Waals surface area contributed by atoms with Crippen LogP contribution in [0, 0.1) is 17.2 Å². The van der Waals surface area contributed by atoms with Gasteiger partial charge >= 0.3 is 0 Å². The van der Waals surface area contributed by atoms with Crippen molar-refractivity contribution in [3.05, 3.63) is 23.5 Å². The van der Waals surface area contributed by atoms with Crippen molar-refractivity contribution in [3.63, 3.8) is 0 Å². The first kappa shape index (κ1) is 16.1. The predicted molar refractivity (Wildman–Crippen MR) is 82.2 cm³/mol. The molecule has 0 amide bonds. The van der Waals surface area contributed by atoms with Gasteiger partial charge in [-0.1, -0.05) is 26.7 Å². The number of methoxy groups -OCH3 is 2. The van der Waals surface area contributed by atoms with E-state index >= 15 is 0 Å². The zero-order valence-corrected chi connectivity index (χ0v) is 13.4. The van der Waals surface area contributed by atoms with Crippen molar-refractivity contribution in [2.24, 2.45) is 17.1 Å². The van der Waals surface area contributed by atoms with Gasteiger partial charge in [-0.2, -0.15) is 0 Å². The summed E-state index contributed by atoms with van der Waals surface area (Å²) in [6.07, 6.45) is 4.57. The molecular formula is C17H26FNO2. The molecule has 2 atom stereocenters. The molecule has 1 fully saturated rings. The Kier molecular flexibility index (Phi) is 4.77. The van der Waals surface area contributed by atoms with Gasteiger partial charge in [-0.3, -0.25) is 0 Å². The first-order valence-corrected chi connectivity index (χ1v) is 7.57. The van der Waals surface area contributed by atoms with Gasteiger partial charge in [-0.15, -0.1) is 0 Å². The van der Waals surface area contributed by atoms with E-state index in [-0.39, 0.29) is 23.2 Å². The third kappa shape index (κ3) is 3.15. The van der Waals surface area contributed by atoms with Gasteiger partial charge in [0.2, 0.25) is 0 Å². The van der Waals surface area contributed by atoms with Crippen LogP contribution in [-0.2, 0) is 0 Å². The van der Waals surface area contributed by atoms with Crippen LogP contribution in [0.2, 0.25) is 0 Å². The van der Waals surface area contributed by atoms with Crippen molar-refractivity contribution < 1.29 is 13.9 Å². The number of nitrogens with two attached hydrogens (primary N) is 1. The van der Waals surface area contributed by atoms with Crippen molar-refractivity contribution in [3.8, 4) is 11.5 Å². The van der Waals surface area contributed by atoms with E-state index in [2.05, 4.69) is 13.8 Å². The van der Waals surface area contributed by atoms with Crippen molar-refractivity contribution in [2.75, 3.05) is 14.2 Å². The minimum atomic E-state index is -0.319. The topological polar surface area (TPSA) is 44.5 Å². The van der Waals surface area contributed by atoms with Crippen molar-refractivity contribution >= 4 is 0 Å². The maximum Gasteiger partial charge on any atom is 0.163 e. The first-order chi connectivity index (χ1) is 9.90. The minimum absolute atomic E-state index is 0.136. The highest BCUT2D eigenvalue weighted by atomic mass is 19.1. The highest BCUT2D eigenvalue weighted by molar-refractivity contribution is 5.44. The number of ether oxygens (including phenoxy) is 2. The number of hydrogen-bond donors (Lipinski definition) is 1. The fourth-order valence-corrected chi connectivity index (χ4v) is 3.53. The van der Waals surface area contributed by atoms with Crippen LogP contribution in [0.25, 0.3) is 0 Å². The molecule has 0 heterocycles. The molecule has 2 unspecified atom stereocenters. The zero-order chi connectivity index (χ0) is 15.6. The average molecular weight is 295 g/mol. The second kappa shape index (κ2) is 6.22. The second-order valence-corrected chi connectivity index (χ2v) is 6.60. The van der Waals surface area contributed by atoms with Gasteiger partial charge in [0.25, 0.3) is 0 Å². The molecule has 1 aliphatic rings. The smallest absolute Gasteiger partial charge is 0.163 e. The summed E-state index contributed by atoms with van der Waals surface area (Å²) in [6, 6.07) is 2.73. The predicted octanol–water partition coefficient (Wildman–Crippen LogP) is 4.06. The molecule has 2 rings (SSSR count). The van der Waals surface area contributed by atoms with Crippen molar-refractivity contribution in [2.45, 2.75) is 45.6 Å². The minimum Gasteiger partial charge on any atom is -0.493 e. The molecule has 0 radical (unpaired) electrons. The molecule has 3 nitrogen and oxygen atoms in total. The van der Waals surface area contributed by atoms with Crippen LogP contribution in [-0.4, -0.2) is 14.2 Å². The number of rotatable bonds is 4. The molecule has 4 heteroatoms. The Balaban J connectivity index is 2.36. The summed E-state index contributed by atoms with van der Waals surface area (Å²) in [6.45, 7) is 4.46. The zero-order valence-electron chi connectivity index (χ0n) is 13.4. The summed E-state index contributed by atoms with van der Waals surface area (Å²) in [4.78, 5) is 0. The van der Waals surface area contributed by atoms with Crippen LogP contribution < -0.4 is 15.2 Å². The maximum atomic E-state index is 14.4. The lowest BCUT2D eigenvalue weighted by atomic mass is 9.65. The average Bonchev–Trinajstić information content (AvgIpc) is 2.45. The lowest BCUT2D eigenvalue weighted by Gasteiger charge is -2.42. The van der Waals surface area contributed by atoms with Gasteiger partial charge in [-0.05, 0) is 30.2 Å². The number of benzene rings is 1. The van der Waals surface area contributed by atoms with Gasteiger partial charge in [0.1, 0.15) is 5.82 Å². The molecule has 1 aromatic carbocycles. The van der Waals surface area contributed by atoms with Gasteiger partial charge in [0.05, 0.1) is 14.2 Å². The van der Waals surface area contributed by atoms with E-state index in [9.17, 15) is 4.39 Å². The molecule has 2 N–H and O–H groups in total. The molecular weight excluding hydrogens is 269 g/mol. The Morgan fingerprint density at radius 3 is 2.38 bits per heavy atom. The molecule has 1 saturated carbocycles. The third-order valence-electron chi connectivity index (χ3n) is 4.89. The van der Waals surface area contributed by atoms with Crippen LogP contribution in [0.3, 0.4) is 0 Å². The molecule has 21 heavy (non-hydrogen) atoms. The van der Waals surface area contributed by atoms with Crippen molar-refractivity contribution in [1.82, 2.24) is 0 Å². The summed E-state index contributed by atoms with van der Waals surface area (Å²) in [5.74, 6) is 0.882. The van der Waals surface area contributed by atoms with E-state index in [0.29, 0.717) is 17.1 Å². The SMILES string of the molecule is COc1cc(F)c(C(N)C2CCCCC2(C)C)cc1OC. The largest absolute Gasteiger partial charge is 0.493 e. The van der Waals surface area contributed by atoms with E-state index in [4.69, 9.17) is 15.2 Å². The molecule has 0 saturated heterocycles. The Labute approximate surface area is 126 Å². The molecule has 118 valence electrons. The van der Waals surface area contributed by atoms with Gasteiger partial charge in [-0.25, -0.2) is 4.39 Å². The van der Waals surface area contributed by atoms with Gasteiger partial charge in [0.15, 0.2) is 11.5 Å². The normalized spacial score (nSPS) is 22.7. The summed E-state index contributed by atoms with van der Waals surface area (Å²) < 4.78 is 24.8. The Morgan fingerprint density at radius 1 is 1.19 bits per heavy atom. The molecule has 0 aromatic heterocycles. The van der Waals surface area contributed by atoms with Gasteiger partial charge < -0.3 is 15.2 Å². The fraction of sp³-hybridized carbons (Fsp3) is 0.647. The highest BCUT2D eigenvalue weighted by Gasteiger charge is 2.37. The number of hydrogen-bond acceptors (Lipinski definition) is 3. The van der Waals surface area contributed by atoms with Crippen LogP contribution in [0.1, 0.15) is 51.1 Å². The number of halogens is 1. The fourth-order valence-electron chi connectivity index (χ4n) is 3.53. The van der Waals surface area contributed by atoms with Crippen LogP contribution in [0.5, 0.6) is 11.5 Å². The van der Waals surface area contributed by atoms with Crippen LogP contribution in [0.4, 0.5) is 4.39 Å². The molecule has 1 aliphatic carbocycles. The first-order valence-electron chi connectivity index (χ1n) is 7.57. The Morgan fingerprint density at radius 2 is 1.81 bits per heavy atom. The Bertz CT molecular complexity index is 502. The molecule has 0 aliphatic heterocycles. The van der Waals surface area contributed by atoms with Crippen LogP contribution >= 0.6 is 0 Å². The summed E-state index contributed by atoms with van der Waals surface area (Å²) >= 11 is 0. The highest BCUT2D eigenvalue weighted by Crippen LogP contribution is 2.47. The van der Waals surface area contributed by atoms with E-state index in [0.717, 1.165) is 19.3 Å². The van der Waals surface area contributed by atoms with Crippen LogP contribution in [0.15, 0.2) is 12.1 Å². The standard InChI is InChI=1S/C17H26FNO2/c1-17(2)8-6-5-7-12(17)16(19)11-9-14(20-3)15(21-4)10-13(11)18/h9-10,12,16H,5-8,19H2,1-4H3. The second-order valence-electron chi connectivity index (χ2n) is 6.60. The van der Waals surface area contributed by atoms with Crippen molar-refractivity contribution in [1.29, 1.82) is 0 Å².